The molecule has 0 aliphatic carbocycles. The topological polar surface area (TPSA) is 22.6 Å². The third-order valence-electron chi connectivity index (χ3n) is 2.78. The first kappa shape index (κ1) is 9.83. The molecule has 0 saturated carbocycles. The SMILES string of the molecule is C=C1N(C)c2ccnc(N(C)C)c2N1C. The van der Waals surface area contributed by atoms with Gasteiger partial charge >= 0.3 is 0 Å². The fraction of sp³-hybridized carbons (Fsp3) is 0.364. The number of aromatic nitrogens is 1. The van der Waals surface area contributed by atoms with E-state index in [1.54, 1.807) is 0 Å². The summed E-state index contributed by atoms with van der Waals surface area (Å²) in [7, 11) is 8.03. The maximum absolute atomic E-state index is 4.39. The van der Waals surface area contributed by atoms with Gasteiger partial charge in [0.15, 0.2) is 5.82 Å². The predicted molar refractivity (Wildman–Crippen MR) is 64.5 cm³/mol. The van der Waals surface area contributed by atoms with E-state index in [0.717, 1.165) is 23.0 Å². The summed E-state index contributed by atoms with van der Waals surface area (Å²) >= 11 is 0. The second kappa shape index (κ2) is 3.15. The Morgan fingerprint density at radius 2 is 1.93 bits per heavy atom. The molecule has 1 aliphatic heterocycles. The summed E-state index contributed by atoms with van der Waals surface area (Å²) in [5.41, 5.74) is 2.27. The molecule has 2 heterocycles. The van der Waals surface area contributed by atoms with Crippen molar-refractivity contribution in [2.45, 2.75) is 0 Å². The second-order valence-electron chi connectivity index (χ2n) is 3.93. The van der Waals surface area contributed by atoms with Crippen LogP contribution in [0.25, 0.3) is 0 Å². The van der Waals surface area contributed by atoms with Gasteiger partial charge in [-0.1, -0.05) is 6.58 Å². The molecule has 0 spiro atoms. The minimum Gasteiger partial charge on any atom is -0.361 e. The Bertz CT molecular complexity index is 411. The van der Waals surface area contributed by atoms with E-state index in [-0.39, 0.29) is 0 Å². The van der Waals surface area contributed by atoms with Crippen molar-refractivity contribution >= 4 is 17.2 Å². The zero-order valence-corrected chi connectivity index (χ0v) is 9.65. The van der Waals surface area contributed by atoms with E-state index in [2.05, 4.69) is 21.4 Å². The molecule has 1 aromatic rings. The Hall–Kier alpha value is -1.71. The highest BCUT2D eigenvalue weighted by molar-refractivity contribution is 5.89. The van der Waals surface area contributed by atoms with Gasteiger partial charge in [-0.2, -0.15) is 0 Å². The van der Waals surface area contributed by atoms with Gasteiger partial charge in [0.25, 0.3) is 0 Å². The van der Waals surface area contributed by atoms with Crippen molar-refractivity contribution < 1.29 is 0 Å². The van der Waals surface area contributed by atoms with E-state index in [1.807, 2.05) is 45.4 Å². The van der Waals surface area contributed by atoms with Gasteiger partial charge in [0.05, 0.1) is 5.69 Å². The van der Waals surface area contributed by atoms with E-state index < -0.39 is 0 Å². The van der Waals surface area contributed by atoms with Crippen LogP contribution in [0.4, 0.5) is 17.2 Å². The number of fused-ring (bicyclic) bond motifs is 1. The first-order valence-corrected chi connectivity index (χ1v) is 4.86. The van der Waals surface area contributed by atoms with Gasteiger partial charge in [-0.25, -0.2) is 4.98 Å². The number of pyridine rings is 1. The van der Waals surface area contributed by atoms with Gasteiger partial charge < -0.3 is 14.7 Å². The Morgan fingerprint density at radius 1 is 1.27 bits per heavy atom. The van der Waals surface area contributed by atoms with E-state index in [0.29, 0.717) is 0 Å². The van der Waals surface area contributed by atoms with Crippen LogP contribution in [0.2, 0.25) is 0 Å². The normalized spacial score (nSPS) is 14.5. The average Bonchev–Trinajstić information content (AvgIpc) is 2.44. The molecule has 0 atom stereocenters. The minimum absolute atomic E-state index is 0.973. The van der Waals surface area contributed by atoms with Crippen LogP contribution in [0.1, 0.15) is 0 Å². The molecule has 15 heavy (non-hydrogen) atoms. The quantitative estimate of drug-likeness (QED) is 0.691. The van der Waals surface area contributed by atoms with Crippen LogP contribution in [0, 0.1) is 0 Å². The largest absolute Gasteiger partial charge is 0.361 e. The number of rotatable bonds is 1. The van der Waals surface area contributed by atoms with Gasteiger partial charge in [-0.3, -0.25) is 0 Å². The lowest BCUT2D eigenvalue weighted by molar-refractivity contribution is 1.03. The summed E-state index contributed by atoms with van der Waals surface area (Å²) in [6, 6.07) is 2.01. The molecule has 4 nitrogen and oxygen atoms in total. The fourth-order valence-electron chi connectivity index (χ4n) is 1.85. The van der Waals surface area contributed by atoms with E-state index in [9.17, 15) is 0 Å². The van der Waals surface area contributed by atoms with Crippen molar-refractivity contribution in [3.05, 3.63) is 24.7 Å². The maximum Gasteiger partial charge on any atom is 0.154 e. The summed E-state index contributed by atoms with van der Waals surface area (Å²) < 4.78 is 0. The van der Waals surface area contributed by atoms with E-state index in [4.69, 9.17) is 0 Å². The molecular formula is C11H16N4. The molecule has 1 aromatic heterocycles. The van der Waals surface area contributed by atoms with Crippen LogP contribution >= 0.6 is 0 Å². The molecule has 0 saturated heterocycles. The van der Waals surface area contributed by atoms with Crippen molar-refractivity contribution in [3.8, 4) is 0 Å². The van der Waals surface area contributed by atoms with Crippen LogP contribution in [-0.4, -0.2) is 33.2 Å². The molecule has 0 radical (unpaired) electrons. The van der Waals surface area contributed by atoms with Gasteiger partial charge in [0, 0.05) is 34.4 Å². The van der Waals surface area contributed by atoms with Crippen LogP contribution in [-0.2, 0) is 0 Å². The number of hydrogen-bond acceptors (Lipinski definition) is 4. The summed E-state index contributed by atoms with van der Waals surface area (Å²) in [6.45, 7) is 4.04. The molecule has 0 unspecified atom stereocenters. The molecule has 1 aliphatic rings. The molecule has 2 rings (SSSR count). The average molecular weight is 204 g/mol. The van der Waals surface area contributed by atoms with Gasteiger partial charge in [-0.05, 0) is 6.07 Å². The first-order valence-electron chi connectivity index (χ1n) is 4.86. The van der Waals surface area contributed by atoms with Crippen molar-refractivity contribution in [3.63, 3.8) is 0 Å². The van der Waals surface area contributed by atoms with Crippen molar-refractivity contribution in [2.75, 3.05) is 42.9 Å². The van der Waals surface area contributed by atoms with Crippen molar-refractivity contribution in [1.29, 1.82) is 0 Å². The highest BCUT2D eigenvalue weighted by Crippen LogP contribution is 2.43. The minimum atomic E-state index is 0.973. The maximum atomic E-state index is 4.39. The van der Waals surface area contributed by atoms with Crippen molar-refractivity contribution in [2.24, 2.45) is 0 Å². The van der Waals surface area contributed by atoms with Crippen LogP contribution in [0.3, 0.4) is 0 Å². The monoisotopic (exact) mass is 204 g/mol. The van der Waals surface area contributed by atoms with Gasteiger partial charge in [0.1, 0.15) is 11.5 Å². The zero-order chi connectivity index (χ0) is 11.2. The van der Waals surface area contributed by atoms with E-state index in [1.165, 1.54) is 0 Å². The lowest BCUT2D eigenvalue weighted by atomic mass is 10.3. The first-order chi connectivity index (χ1) is 7.04. The molecule has 4 heteroatoms. The Balaban J connectivity index is 2.63. The molecule has 0 fully saturated rings. The predicted octanol–water partition coefficient (Wildman–Crippen LogP) is 1.50. The highest BCUT2D eigenvalue weighted by atomic mass is 15.4. The summed E-state index contributed by atoms with van der Waals surface area (Å²) in [5.74, 6) is 1.95. The Kier molecular flexibility index (Phi) is 2.07. The summed E-state index contributed by atoms with van der Waals surface area (Å²) in [5, 5.41) is 0. The molecular weight excluding hydrogens is 188 g/mol. The highest BCUT2D eigenvalue weighted by Gasteiger charge is 2.28. The Morgan fingerprint density at radius 3 is 2.53 bits per heavy atom. The van der Waals surface area contributed by atoms with Crippen LogP contribution in [0.5, 0.6) is 0 Å². The third-order valence-corrected chi connectivity index (χ3v) is 2.78. The van der Waals surface area contributed by atoms with Gasteiger partial charge in [0.2, 0.25) is 0 Å². The smallest absolute Gasteiger partial charge is 0.154 e. The van der Waals surface area contributed by atoms with E-state index >= 15 is 0 Å². The summed E-state index contributed by atoms with van der Waals surface area (Å²) in [4.78, 5) is 10.5. The fourth-order valence-corrected chi connectivity index (χ4v) is 1.85. The molecule has 0 amide bonds. The number of hydrogen-bond donors (Lipinski definition) is 0. The van der Waals surface area contributed by atoms with Crippen molar-refractivity contribution in [1.82, 2.24) is 4.98 Å². The summed E-state index contributed by atoms with van der Waals surface area (Å²) in [6.07, 6.45) is 1.83. The van der Waals surface area contributed by atoms with Gasteiger partial charge in [-0.15, -0.1) is 0 Å². The molecule has 0 bridgehead atoms. The lowest BCUT2D eigenvalue weighted by Crippen LogP contribution is -2.21. The Labute approximate surface area is 90.4 Å². The number of nitrogens with zero attached hydrogens (tertiary/aromatic N) is 4. The second-order valence-corrected chi connectivity index (χ2v) is 3.93. The molecule has 0 N–H and O–H groups in total. The zero-order valence-electron chi connectivity index (χ0n) is 9.65. The third kappa shape index (κ3) is 1.25. The van der Waals surface area contributed by atoms with Crippen LogP contribution < -0.4 is 14.7 Å². The lowest BCUT2D eigenvalue weighted by Gasteiger charge is -2.19. The standard InChI is InChI=1S/C11H16N4/c1-8-14(4)9-6-7-12-11(13(2)3)10(9)15(8)5/h6-7H,1H2,2-5H3. The molecule has 80 valence electrons. The molecule has 0 aromatic carbocycles. The number of anilines is 3. The van der Waals surface area contributed by atoms with Crippen LogP contribution in [0.15, 0.2) is 24.7 Å².